The number of esters is 3. The summed E-state index contributed by atoms with van der Waals surface area (Å²) in [5.74, 6) is -2.22. The fourth-order valence-corrected chi connectivity index (χ4v) is 1.90. The predicted octanol–water partition coefficient (Wildman–Crippen LogP) is 0.962. The number of hydrogen-bond acceptors (Lipinski definition) is 8. The van der Waals surface area contributed by atoms with Gasteiger partial charge in [0.2, 0.25) is 6.23 Å². The Morgan fingerprint density at radius 1 is 1.09 bits per heavy atom. The average Bonchev–Trinajstić information content (AvgIpc) is 2.37. The lowest BCUT2D eigenvalue weighted by Crippen LogP contribution is -2.55. The van der Waals surface area contributed by atoms with Crippen LogP contribution in [-0.2, 0) is 33.3 Å². The van der Waals surface area contributed by atoms with Gasteiger partial charge in [0, 0.05) is 25.7 Å². The molecule has 2 unspecified atom stereocenters. The van der Waals surface area contributed by atoms with Gasteiger partial charge in [-0.3, -0.25) is 14.4 Å². The van der Waals surface area contributed by atoms with Crippen LogP contribution < -0.4 is 0 Å². The molecule has 1 heterocycles. The van der Waals surface area contributed by atoms with Crippen LogP contribution in [0.1, 0.15) is 20.8 Å². The molecule has 1 fully saturated rings. The van der Waals surface area contributed by atoms with Crippen LogP contribution in [0, 0.1) is 0 Å². The highest BCUT2D eigenvalue weighted by Gasteiger charge is 2.49. The van der Waals surface area contributed by atoms with E-state index in [1.54, 1.807) is 0 Å². The van der Waals surface area contributed by atoms with E-state index >= 15 is 0 Å². The Morgan fingerprint density at radius 2 is 1.59 bits per heavy atom. The Labute approximate surface area is 125 Å². The predicted molar refractivity (Wildman–Crippen MR) is 69.8 cm³/mol. The summed E-state index contributed by atoms with van der Waals surface area (Å²) in [7, 11) is 0. The van der Waals surface area contributed by atoms with E-state index in [0.717, 1.165) is 20.8 Å². The van der Waals surface area contributed by atoms with E-state index in [2.05, 4.69) is 16.6 Å². The molecule has 0 aromatic heterocycles. The van der Waals surface area contributed by atoms with Crippen LogP contribution in [0.25, 0.3) is 10.4 Å². The first-order valence-corrected chi connectivity index (χ1v) is 6.17. The van der Waals surface area contributed by atoms with Crippen molar-refractivity contribution in [3.05, 3.63) is 22.8 Å². The van der Waals surface area contributed by atoms with E-state index in [-0.39, 0.29) is 5.76 Å². The highest BCUT2D eigenvalue weighted by Crippen LogP contribution is 2.30. The highest BCUT2D eigenvalue weighted by molar-refractivity contribution is 5.68. The molecule has 22 heavy (non-hydrogen) atoms. The number of nitrogens with zero attached hydrogens (tertiary/aromatic N) is 3. The Kier molecular flexibility index (Phi) is 5.76. The molecule has 0 saturated carbocycles. The van der Waals surface area contributed by atoms with Crippen molar-refractivity contribution in [3.63, 3.8) is 0 Å². The average molecular weight is 313 g/mol. The number of rotatable bonds is 4. The summed E-state index contributed by atoms with van der Waals surface area (Å²) in [6, 6.07) is 0. The van der Waals surface area contributed by atoms with Crippen molar-refractivity contribution in [1.29, 1.82) is 0 Å². The molecule has 0 spiro atoms. The molecule has 120 valence electrons. The molecule has 10 heteroatoms. The molecule has 10 nitrogen and oxygen atoms in total. The van der Waals surface area contributed by atoms with E-state index in [1.165, 1.54) is 0 Å². The van der Waals surface area contributed by atoms with Crippen LogP contribution in [-0.4, -0.2) is 42.4 Å². The van der Waals surface area contributed by atoms with Crippen molar-refractivity contribution in [1.82, 2.24) is 0 Å². The van der Waals surface area contributed by atoms with Gasteiger partial charge in [0.1, 0.15) is 5.76 Å². The van der Waals surface area contributed by atoms with Gasteiger partial charge in [-0.25, -0.2) is 0 Å². The summed E-state index contributed by atoms with van der Waals surface area (Å²) >= 11 is 0. The van der Waals surface area contributed by atoms with Gasteiger partial charge in [-0.05, 0) is 10.6 Å². The minimum atomic E-state index is -1.31. The first-order valence-electron chi connectivity index (χ1n) is 6.17. The molecule has 0 bridgehead atoms. The SMILES string of the molecule is C=C1O[C@@H](N=[N+]=[N-])C(OC(C)=O)C(OC(C)=O)[C@@H]1OC(C)=O. The summed E-state index contributed by atoms with van der Waals surface area (Å²) in [4.78, 5) is 36.2. The van der Waals surface area contributed by atoms with E-state index in [1.807, 2.05) is 0 Å². The Morgan fingerprint density at radius 3 is 2.05 bits per heavy atom. The fourth-order valence-electron chi connectivity index (χ4n) is 1.90. The first kappa shape index (κ1) is 17.3. The summed E-state index contributed by atoms with van der Waals surface area (Å²) in [5.41, 5.74) is 8.55. The lowest BCUT2D eigenvalue weighted by molar-refractivity contribution is -0.209. The van der Waals surface area contributed by atoms with Crippen molar-refractivity contribution >= 4 is 17.9 Å². The molecule has 0 aromatic rings. The summed E-state index contributed by atoms with van der Waals surface area (Å²) in [6.45, 7) is 6.91. The molecule has 0 aromatic carbocycles. The number of carbonyl (C=O) groups is 3. The largest absolute Gasteiger partial charge is 0.481 e. The summed E-state index contributed by atoms with van der Waals surface area (Å²) in [6.07, 6.45) is -5.04. The molecule has 1 rings (SSSR count). The van der Waals surface area contributed by atoms with Gasteiger partial charge in [-0.1, -0.05) is 6.58 Å². The minimum Gasteiger partial charge on any atom is -0.481 e. The van der Waals surface area contributed by atoms with Crippen LogP contribution in [0.2, 0.25) is 0 Å². The van der Waals surface area contributed by atoms with Crippen molar-refractivity contribution in [2.45, 2.75) is 45.3 Å². The third kappa shape index (κ3) is 4.38. The zero-order chi connectivity index (χ0) is 16.9. The molecule has 4 atom stereocenters. The molecule has 0 radical (unpaired) electrons. The maximum atomic E-state index is 11.3. The molecule has 1 saturated heterocycles. The van der Waals surface area contributed by atoms with Crippen LogP contribution in [0.4, 0.5) is 0 Å². The van der Waals surface area contributed by atoms with Gasteiger partial charge in [-0.15, -0.1) is 0 Å². The van der Waals surface area contributed by atoms with Crippen LogP contribution in [0.5, 0.6) is 0 Å². The second kappa shape index (κ2) is 7.32. The molecule has 0 amide bonds. The number of azide groups is 1. The first-order chi connectivity index (χ1) is 10.3. The van der Waals surface area contributed by atoms with Crippen molar-refractivity contribution < 1.29 is 33.3 Å². The molecule has 0 aliphatic carbocycles. The molecular weight excluding hydrogens is 298 g/mol. The van der Waals surface area contributed by atoms with Gasteiger partial charge in [0.05, 0.1) is 0 Å². The van der Waals surface area contributed by atoms with Gasteiger partial charge < -0.3 is 18.9 Å². The molecule has 1 aliphatic rings. The van der Waals surface area contributed by atoms with Gasteiger partial charge in [-0.2, -0.15) is 0 Å². The minimum absolute atomic E-state index is 0.0951. The maximum absolute atomic E-state index is 11.3. The monoisotopic (exact) mass is 313 g/mol. The third-order valence-electron chi connectivity index (χ3n) is 2.56. The van der Waals surface area contributed by atoms with Crippen molar-refractivity contribution in [2.24, 2.45) is 5.11 Å². The number of hydrogen-bond donors (Lipinski definition) is 0. The number of ether oxygens (including phenoxy) is 4. The van der Waals surface area contributed by atoms with Crippen molar-refractivity contribution in [3.8, 4) is 0 Å². The van der Waals surface area contributed by atoms with Crippen LogP contribution in [0.3, 0.4) is 0 Å². The topological polar surface area (TPSA) is 137 Å². The smallest absolute Gasteiger partial charge is 0.303 e. The maximum Gasteiger partial charge on any atom is 0.303 e. The van der Waals surface area contributed by atoms with E-state index in [0.29, 0.717) is 0 Å². The molecular formula is C12H15N3O7. The fraction of sp³-hybridized carbons (Fsp3) is 0.583. The second-order valence-electron chi connectivity index (χ2n) is 4.36. The second-order valence-corrected chi connectivity index (χ2v) is 4.36. The zero-order valence-electron chi connectivity index (χ0n) is 12.2. The van der Waals surface area contributed by atoms with Gasteiger partial charge in [0.15, 0.2) is 18.3 Å². The zero-order valence-corrected chi connectivity index (χ0v) is 12.2. The van der Waals surface area contributed by atoms with Gasteiger partial charge in [0.25, 0.3) is 0 Å². The lowest BCUT2D eigenvalue weighted by atomic mass is 10.0. The van der Waals surface area contributed by atoms with Crippen LogP contribution in [0.15, 0.2) is 17.5 Å². The normalized spacial score (nSPS) is 27.0. The van der Waals surface area contributed by atoms with Crippen LogP contribution >= 0.6 is 0 Å². The summed E-state index contributed by atoms with van der Waals surface area (Å²) in [5, 5.41) is 3.33. The van der Waals surface area contributed by atoms with Gasteiger partial charge >= 0.3 is 17.9 Å². The Hall–Kier alpha value is -2.74. The standard InChI is InChI=1S/C12H15N3O7/c1-5-9(20-6(2)16)10(21-7(3)17)11(22-8(4)18)12(19-5)14-15-13/h9-12H,1H2,2-4H3/t9-,10?,11?,12-/m1/s1. The number of carbonyl (C=O) groups excluding carboxylic acids is 3. The van der Waals surface area contributed by atoms with E-state index in [4.69, 9.17) is 24.5 Å². The quantitative estimate of drug-likeness (QED) is 0.248. The molecule has 1 aliphatic heterocycles. The third-order valence-corrected chi connectivity index (χ3v) is 2.56. The van der Waals surface area contributed by atoms with Crippen molar-refractivity contribution in [2.75, 3.05) is 0 Å². The molecule has 0 N–H and O–H groups in total. The Bertz CT molecular complexity index is 541. The summed E-state index contributed by atoms with van der Waals surface area (Å²) < 4.78 is 20.2. The van der Waals surface area contributed by atoms with E-state index < -0.39 is 42.4 Å². The van der Waals surface area contributed by atoms with E-state index in [9.17, 15) is 14.4 Å². The Balaban J connectivity index is 3.21. The lowest BCUT2D eigenvalue weighted by Gasteiger charge is -2.39. The highest BCUT2D eigenvalue weighted by atomic mass is 16.6.